The van der Waals surface area contributed by atoms with Crippen LogP contribution in [0, 0.1) is 40.4 Å². The Hall–Kier alpha value is -0.570. The number of carbonyl (C=O) groups is 1. The van der Waals surface area contributed by atoms with Crippen molar-refractivity contribution in [1.82, 2.24) is 0 Å². The summed E-state index contributed by atoms with van der Waals surface area (Å²) in [6.45, 7) is 12.9. The number of hydrogen-bond acceptors (Lipinski definition) is 2. The van der Waals surface area contributed by atoms with E-state index in [1.807, 2.05) is 27.7 Å². The van der Waals surface area contributed by atoms with E-state index < -0.39 is 5.97 Å². The van der Waals surface area contributed by atoms with Crippen LogP contribution in [0.1, 0.15) is 119 Å². The lowest BCUT2D eigenvalue weighted by molar-refractivity contribution is -0.169. The van der Waals surface area contributed by atoms with E-state index in [0.717, 1.165) is 31.1 Å². The van der Waals surface area contributed by atoms with Crippen LogP contribution in [0.25, 0.3) is 0 Å². The third-order valence-electron chi connectivity index (χ3n) is 9.65. The fraction of sp³-hybridized carbons (Fsp3) is 0.963. The van der Waals surface area contributed by atoms with E-state index in [2.05, 4.69) is 13.8 Å². The number of aliphatic carboxylic acids is 1. The van der Waals surface area contributed by atoms with Crippen molar-refractivity contribution in [3.05, 3.63) is 0 Å². The maximum absolute atomic E-state index is 11.4. The second-order valence-corrected chi connectivity index (χ2v) is 10.7. The molecule has 0 spiro atoms. The van der Waals surface area contributed by atoms with Crippen LogP contribution < -0.4 is 0 Å². The first-order valence-electron chi connectivity index (χ1n) is 13.3. The Labute approximate surface area is 186 Å². The van der Waals surface area contributed by atoms with Gasteiger partial charge in [0.25, 0.3) is 0 Å². The zero-order valence-corrected chi connectivity index (χ0v) is 20.8. The van der Waals surface area contributed by atoms with Gasteiger partial charge in [-0.3, -0.25) is 4.79 Å². The molecule has 4 fully saturated rings. The monoisotopic (exact) mass is 422 g/mol. The van der Waals surface area contributed by atoms with E-state index in [1.165, 1.54) is 51.4 Å². The van der Waals surface area contributed by atoms with Crippen molar-refractivity contribution in [2.45, 2.75) is 125 Å². The maximum atomic E-state index is 11.4. The van der Waals surface area contributed by atoms with Crippen LogP contribution >= 0.6 is 0 Å². The van der Waals surface area contributed by atoms with Crippen molar-refractivity contribution in [2.75, 3.05) is 0 Å². The third kappa shape index (κ3) is 4.62. The molecule has 3 nitrogen and oxygen atoms in total. The average molecular weight is 423 g/mol. The van der Waals surface area contributed by atoms with E-state index in [-0.39, 0.29) is 11.5 Å². The molecule has 0 aliphatic heterocycles. The van der Waals surface area contributed by atoms with Gasteiger partial charge in [0.05, 0.1) is 6.10 Å². The van der Waals surface area contributed by atoms with Crippen molar-refractivity contribution in [3.8, 4) is 0 Å². The first-order valence-corrected chi connectivity index (χ1v) is 13.3. The van der Waals surface area contributed by atoms with Crippen LogP contribution in [0.5, 0.6) is 0 Å². The zero-order valence-electron chi connectivity index (χ0n) is 20.8. The van der Waals surface area contributed by atoms with Gasteiger partial charge in [0.15, 0.2) is 0 Å². The second kappa shape index (κ2) is 10.8. The maximum Gasteiger partial charge on any atom is 0.303 e. The molecule has 0 amide bonds. The van der Waals surface area contributed by atoms with E-state index in [0.29, 0.717) is 29.6 Å². The fourth-order valence-corrected chi connectivity index (χ4v) is 8.50. The van der Waals surface area contributed by atoms with Crippen LogP contribution in [0.3, 0.4) is 0 Å². The molecule has 0 aromatic heterocycles. The van der Waals surface area contributed by atoms with Crippen molar-refractivity contribution in [1.29, 1.82) is 0 Å². The van der Waals surface area contributed by atoms with Gasteiger partial charge in [-0.1, -0.05) is 54.4 Å². The van der Waals surface area contributed by atoms with E-state index in [9.17, 15) is 9.90 Å². The predicted octanol–water partition coefficient (Wildman–Crippen LogP) is 7.31. The number of fused-ring (bicyclic) bond motifs is 5. The largest absolute Gasteiger partial charge is 0.481 e. The molecule has 0 aromatic rings. The minimum atomic E-state index is -0.669. The quantitative estimate of drug-likeness (QED) is 0.499. The highest BCUT2D eigenvalue weighted by Crippen LogP contribution is 2.67. The van der Waals surface area contributed by atoms with Gasteiger partial charge >= 0.3 is 5.97 Å². The van der Waals surface area contributed by atoms with E-state index in [4.69, 9.17) is 5.11 Å². The topological polar surface area (TPSA) is 57.5 Å². The predicted molar refractivity (Wildman–Crippen MR) is 125 cm³/mol. The summed E-state index contributed by atoms with van der Waals surface area (Å²) >= 11 is 0. The number of carboxylic acid groups (broad SMARTS) is 1. The summed E-state index contributed by atoms with van der Waals surface area (Å²) < 4.78 is 0. The van der Waals surface area contributed by atoms with E-state index in [1.54, 1.807) is 0 Å². The van der Waals surface area contributed by atoms with Crippen LogP contribution in [-0.4, -0.2) is 22.3 Å². The number of aliphatic hydroxyl groups excluding tert-OH is 1. The van der Waals surface area contributed by atoms with E-state index >= 15 is 0 Å². The highest BCUT2D eigenvalue weighted by Gasteiger charge is 2.62. The fourth-order valence-electron chi connectivity index (χ4n) is 8.50. The molecule has 8 atom stereocenters. The summed E-state index contributed by atoms with van der Waals surface area (Å²) in [6, 6.07) is 0. The van der Waals surface area contributed by atoms with Crippen molar-refractivity contribution < 1.29 is 15.0 Å². The molecule has 4 rings (SSSR count). The Bertz CT molecular complexity index is 546. The molecule has 0 saturated heterocycles. The molecule has 176 valence electrons. The van der Waals surface area contributed by atoms with Gasteiger partial charge in [-0.25, -0.2) is 0 Å². The van der Waals surface area contributed by atoms with Crippen molar-refractivity contribution >= 4 is 5.97 Å². The van der Waals surface area contributed by atoms with Crippen molar-refractivity contribution in [2.24, 2.45) is 40.4 Å². The molecule has 2 N–H and O–H groups in total. The molecule has 8 unspecified atom stereocenters. The molecular formula is C27H50O3. The molecule has 0 radical (unpaired) electrons. The van der Waals surface area contributed by atoms with Crippen LogP contribution in [0.4, 0.5) is 0 Å². The summed E-state index contributed by atoms with van der Waals surface area (Å²) in [6.07, 6.45) is 13.6. The van der Waals surface area contributed by atoms with Gasteiger partial charge in [-0.05, 0) is 98.2 Å². The highest BCUT2D eigenvalue weighted by atomic mass is 16.4. The molecule has 0 bridgehead atoms. The first-order chi connectivity index (χ1) is 14.4. The smallest absolute Gasteiger partial charge is 0.303 e. The second-order valence-electron chi connectivity index (χ2n) is 10.7. The normalized spacial score (nSPS) is 44.2. The van der Waals surface area contributed by atoms with Gasteiger partial charge in [-0.2, -0.15) is 0 Å². The summed E-state index contributed by atoms with van der Waals surface area (Å²) in [5.41, 5.74) is 0.597. The molecule has 3 heteroatoms. The molecular weight excluding hydrogens is 372 g/mol. The average Bonchev–Trinajstić information content (AvgIpc) is 3.06. The van der Waals surface area contributed by atoms with Gasteiger partial charge < -0.3 is 10.2 Å². The minimum absolute atomic E-state index is 0.146. The zero-order chi connectivity index (χ0) is 22.5. The summed E-state index contributed by atoms with van der Waals surface area (Å²) in [7, 11) is 0. The SMILES string of the molecule is CC.CC.CC12CC(O)C3C(CCC4CCCCC43C)C1CCC2CCCC(=O)O. The molecule has 0 aromatic carbocycles. The number of hydrogen-bond donors (Lipinski definition) is 2. The van der Waals surface area contributed by atoms with Gasteiger partial charge in [-0.15, -0.1) is 0 Å². The van der Waals surface area contributed by atoms with Crippen LogP contribution in [0.2, 0.25) is 0 Å². The van der Waals surface area contributed by atoms with Crippen LogP contribution in [-0.2, 0) is 4.79 Å². The Morgan fingerprint density at radius 1 is 0.933 bits per heavy atom. The summed E-state index contributed by atoms with van der Waals surface area (Å²) in [5.74, 6) is 2.75. The Kier molecular flexibility index (Phi) is 9.28. The summed E-state index contributed by atoms with van der Waals surface area (Å²) in [4.78, 5) is 10.9. The molecule has 4 aliphatic rings. The lowest BCUT2D eigenvalue weighted by atomic mass is 9.44. The van der Waals surface area contributed by atoms with Gasteiger partial charge in [0.1, 0.15) is 0 Å². The molecule has 30 heavy (non-hydrogen) atoms. The Morgan fingerprint density at radius 3 is 2.30 bits per heavy atom. The van der Waals surface area contributed by atoms with Crippen molar-refractivity contribution in [3.63, 3.8) is 0 Å². The lowest BCUT2D eigenvalue weighted by Crippen LogP contribution is -2.58. The first kappa shape index (κ1) is 25.7. The Morgan fingerprint density at radius 2 is 1.63 bits per heavy atom. The Balaban J connectivity index is 0.000000757. The lowest BCUT2D eigenvalue weighted by Gasteiger charge is -2.62. The molecule has 4 saturated carbocycles. The number of rotatable bonds is 4. The van der Waals surface area contributed by atoms with Gasteiger partial charge in [0, 0.05) is 6.42 Å². The number of aliphatic hydroxyl groups is 1. The standard InChI is InChI=1S/C23H38O3.2C2H6/c1-22-13-4-3-6-15(22)9-11-17-18-12-10-16(7-5-8-20(25)26)23(18,2)14-19(24)21(17)22;2*1-2/h15-19,21,24H,3-14H2,1-2H3,(H,25,26);2*1-2H3. The van der Waals surface area contributed by atoms with Crippen LogP contribution in [0.15, 0.2) is 0 Å². The molecule has 4 aliphatic carbocycles. The minimum Gasteiger partial charge on any atom is -0.481 e. The summed E-state index contributed by atoms with van der Waals surface area (Å²) in [5, 5.41) is 20.3. The molecule has 0 heterocycles. The highest BCUT2D eigenvalue weighted by molar-refractivity contribution is 5.66. The number of carboxylic acids is 1. The third-order valence-corrected chi connectivity index (χ3v) is 9.65. The van der Waals surface area contributed by atoms with Gasteiger partial charge in [0.2, 0.25) is 0 Å².